The highest BCUT2D eigenvalue weighted by Crippen LogP contribution is 2.33. The van der Waals surface area contributed by atoms with E-state index in [2.05, 4.69) is 24.3 Å². The minimum Gasteiger partial charge on any atom is -0.508 e. The van der Waals surface area contributed by atoms with Crippen molar-refractivity contribution in [3.63, 3.8) is 0 Å². The van der Waals surface area contributed by atoms with Gasteiger partial charge in [0.2, 0.25) is 0 Å². The Hall–Kier alpha value is -1.73. The van der Waals surface area contributed by atoms with Crippen LogP contribution in [0.2, 0.25) is 5.02 Å². The summed E-state index contributed by atoms with van der Waals surface area (Å²) in [6.07, 6.45) is 8.18. The molecule has 0 spiro atoms. The van der Waals surface area contributed by atoms with Gasteiger partial charge in [0.05, 0.1) is 0 Å². The maximum Gasteiger partial charge on any atom is 0.116 e. The minimum atomic E-state index is 0.350. The monoisotopic (exact) mass is 312 g/mol. The third kappa shape index (κ3) is 3.92. The van der Waals surface area contributed by atoms with Gasteiger partial charge in [0, 0.05) is 5.02 Å². The van der Waals surface area contributed by atoms with E-state index in [0.29, 0.717) is 5.75 Å². The van der Waals surface area contributed by atoms with Gasteiger partial charge in [0.25, 0.3) is 0 Å². The molecule has 0 aliphatic heterocycles. The molecule has 0 bridgehead atoms. The van der Waals surface area contributed by atoms with E-state index in [0.717, 1.165) is 35.8 Å². The van der Waals surface area contributed by atoms with Crippen LogP contribution in [0.4, 0.5) is 0 Å². The fourth-order valence-corrected chi connectivity index (χ4v) is 3.27. The standard InChI is InChI=1S/C20H21ClO/c21-19-12-8-16(9-13-19)5-4-15-6-10-17(11-7-15)18-2-1-3-20(22)14-18/h1-3,8-10,12-15,22H,4-7,11H2. The third-order valence-electron chi connectivity index (χ3n) is 4.49. The van der Waals surface area contributed by atoms with E-state index >= 15 is 0 Å². The van der Waals surface area contributed by atoms with Crippen LogP contribution in [0.15, 0.2) is 54.6 Å². The SMILES string of the molecule is Oc1cccc(C2=CCC(CCc3ccc(Cl)cc3)CC2)c1. The predicted molar refractivity (Wildman–Crippen MR) is 93.2 cm³/mol. The van der Waals surface area contributed by atoms with Crippen molar-refractivity contribution in [3.05, 3.63) is 70.8 Å². The molecule has 0 saturated heterocycles. The number of allylic oxidation sites excluding steroid dienone is 2. The molecule has 1 aliphatic rings. The van der Waals surface area contributed by atoms with Gasteiger partial charge < -0.3 is 5.11 Å². The summed E-state index contributed by atoms with van der Waals surface area (Å²) in [6.45, 7) is 0. The second-order valence-electron chi connectivity index (χ2n) is 6.09. The largest absolute Gasteiger partial charge is 0.508 e. The molecule has 1 unspecified atom stereocenters. The number of halogens is 1. The molecule has 1 atom stereocenters. The van der Waals surface area contributed by atoms with Gasteiger partial charge in [-0.1, -0.05) is 41.9 Å². The van der Waals surface area contributed by atoms with Crippen molar-refractivity contribution in [1.29, 1.82) is 0 Å². The Morgan fingerprint density at radius 2 is 1.91 bits per heavy atom. The van der Waals surface area contributed by atoms with Gasteiger partial charge in [-0.2, -0.15) is 0 Å². The predicted octanol–water partition coefficient (Wildman–Crippen LogP) is 5.86. The van der Waals surface area contributed by atoms with Crippen molar-refractivity contribution in [1.82, 2.24) is 0 Å². The van der Waals surface area contributed by atoms with Gasteiger partial charge in [0.1, 0.15) is 5.75 Å². The van der Waals surface area contributed by atoms with Crippen molar-refractivity contribution >= 4 is 17.2 Å². The van der Waals surface area contributed by atoms with E-state index in [1.165, 1.54) is 24.0 Å². The van der Waals surface area contributed by atoms with Crippen LogP contribution in [0.5, 0.6) is 5.75 Å². The van der Waals surface area contributed by atoms with Gasteiger partial charge >= 0.3 is 0 Å². The molecule has 114 valence electrons. The number of phenols is 1. The lowest BCUT2D eigenvalue weighted by atomic mass is 9.83. The molecule has 2 heteroatoms. The zero-order valence-electron chi connectivity index (χ0n) is 12.6. The first-order chi connectivity index (χ1) is 10.7. The van der Waals surface area contributed by atoms with Crippen molar-refractivity contribution in [2.75, 3.05) is 0 Å². The molecule has 0 fully saturated rings. The number of phenolic OH excluding ortho intramolecular Hbond substituents is 1. The van der Waals surface area contributed by atoms with Crippen LogP contribution in [0.25, 0.3) is 5.57 Å². The fourth-order valence-electron chi connectivity index (χ4n) is 3.14. The summed E-state index contributed by atoms with van der Waals surface area (Å²) in [6, 6.07) is 15.8. The smallest absolute Gasteiger partial charge is 0.116 e. The normalized spacial score (nSPS) is 18.0. The van der Waals surface area contributed by atoms with Crippen LogP contribution in [0, 0.1) is 5.92 Å². The molecule has 22 heavy (non-hydrogen) atoms. The van der Waals surface area contributed by atoms with Crippen LogP contribution in [-0.2, 0) is 6.42 Å². The number of benzene rings is 2. The van der Waals surface area contributed by atoms with Gasteiger partial charge in [-0.3, -0.25) is 0 Å². The molecule has 0 saturated carbocycles. The first-order valence-corrected chi connectivity index (χ1v) is 8.31. The van der Waals surface area contributed by atoms with Crippen LogP contribution >= 0.6 is 11.6 Å². The van der Waals surface area contributed by atoms with E-state index in [4.69, 9.17) is 11.6 Å². The zero-order valence-corrected chi connectivity index (χ0v) is 13.4. The Bertz CT molecular complexity index is 658. The average molecular weight is 313 g/mol. The maximum atomic E-state index is 9.59. The molecule has 0 amide bonds. The molecule has 0 heterocycles. The lowest BCUT2D eigenvalue weighted by molar-refractivity contribution is 0.450. The maximum absolute atomic E-state index is 9.59. The van der Waals surface area contributed by atoms with Crippen molar-refractivity contribution < 1.29 is 5.11 Å². The highest BCUT2D eigenvalue weighted by molar-refractivity contribution is 6.30. The fraction of sp³-hybridized carbons (Fsp3) is 0.300. The molecule has 3 rings (SSSR count). The Kier molecular flexibility index (Phi) is 4.84. The molecule has 0 aromatic heterocycles. The summed E-state index contributed by atoms with van der Waals surface area (Å²) in [4.78, 5) is 0. The van der Waals surface area contributed by atoms with E-state index in [9.17, 15) is 5.11 Å². The Labute approximate surface area is 137 Å². The van der Waals surface area contributed by atoms with E-state index < -0.39 is 0 Å². The van der Waals surface area contributed by atoms with Crippen LogP contribution < -0.4 is 0 Å². The molecular formula is C20H21ClO. The highest BCUT2D eigenvalue weighted by atomic mass is 35.5. The molecule has 2 aromatic rings. The summed E-state index contributed by atoms with van der Waals surface area (Å²) < 4.78 is 0. The lowest BCUT2D eigenvalue weighted by Crippen LogP contribution is -2.06. The second-order valence-corrected chi connectivity index (χ2v) is 6.52. The van der Waals surface area contributed by atoms with E-state index in [1.54, 1.807) is 6.07 Å². The van der Waals surface area contributed by atoms with Crippen molar-refractivity contribution in [2.24, 2.45) is 5.92 Å². The van der Waals surface area contributed by atoms with Crippen molar-refractivity contribution in [2.45, 2.75) is 32.1 Å². The van der Waals surface area contributed by atoms with Gasteiger partial charge in [0.15, 0.2) is 0 Å². The van der Waals surface area contributed by atoms with Gasteiger partial charge in [-0.15, -0.1) is 0 Å². The van der Waals surface area contributed by atoms with E-state index in [1.807, 2.05) is 24.3 Å². The average Bonchev–Trinajstić information content (AvgIpc) is 2.55. The van der Waals surface area contributed by atoms with Gasteiger partial charge in [-0.25, -0.2) is 0 Å². The number of hydrogen-bond donors (Lipinski definition) is 1. The summed E-state index contributed by atoms with van der Waals surface area (Å²) in [5.74, 6) is 1.11. The molecule has 0 radical (unpaired) electrons. The molecule has 1 aliphatic carbocycles. The number of aryl methyl sites for hydroxylation is 1. The molecule has 1 N–H and O–H groups in total. The number of hydrogen-bond acceptors (Lipinski definition) is 1. The Morgan fingerprint density at radius 1 is 1.09 bits per heavy atom. The molecule has 1 nitrogen and oxygen atoms in total. The first-order valence-electron chi connectivity index (χ1n) is 7.93. The second kappa shape index (κ2) is 7.02. The topological polar surface area (TPSA) is 20.2 Å². The minimum absolute atomic E-state index is 0.350. The number of aromatic hydroxyl groups is 1. The van der Waals surface area contributed by atoms with Crippen molar-refractivity contribution in [3.8, 4) is 5.75 Å². The summed E-state index contributed by atoms with van der Waals surface area (Å²) in [7, 11) is 0. The quantitative estimate of drug-likeness (QED) is 0.749. The van der Waals surface area contributed by atoms with Crippen LogP contribution in [0.1, 0.15) is 36.8 Å². The summed E-state index contributed by atoms with van der Waals surface area (Å²) in [5, 5.41) is 10.4. The van der Waals surface area contributed by atoms with Crippen LogP contribution in [0.3, 0.4) is 0 Å². The third-order valence-corrected chi connectivity index (χ3v) is 4.74. The molecule has 2 aromatic carbocycles. The Balaban J connectivity index is 1.55. The summed E-state index contributed by atoms with van der Waals surface area (Å²) >= 11 is 5.92. The first kappa shape index (κ1) is 15.2. The van der Waals surface area contributed by atoms with Gasteiger partial charge in [-0.05, 0) is 79.0 Å². The number of rotatable bonds is 4. The van der Waals surface area contributed by atoms with Crippen LogP contribution in [-0.4, -0.2) is 5.11 Å². The Morgan fingerprint density at radius 3 is 2.59 bits per heavy atom. The summed E-state index contributed by atoms with van der Waals surface area (Å²) in [5.41, 5.74) is 3.90. The highest BCUT2D eigenvalue weighted by Gasteiger charge is 2.15. The molecular weight excluding hydrogens is 292 g/mol. The van der Waals surface area contributed by atoms with E-state index in [-0.39, 0.29) is 0 Å². The lowest BCUT2D eigenvalue weighted by Gasteiger charge is -2.22. The zero-order chi connectivity index (χ0) is 15.4.